The highest BCUT2D eigenvalue weighted by Gasteiger charge is 2.23. The molecule has 6 heteroatoms. The summed E-state index contributed by atoms with van der Waals surface area (Å²) in [6, 6.07) is 1.95. The van der Waals surface area contributed by atoms with Gasteiger partial charge in [-0.05, 0) is 6.92 Å². The van der Waals surface area contributed by atoms with Gasteiger partial charge in [-0.1, -0.05) is 12.2 Å². The van der Waals surface area contributed by atoms with E-state index in [-0.39, 0.29) is 6.10 Å². The van der Waals surface area contributed by atoms with E-state index in [1.807, 2.05) is 13.0 Å². The summed E-state index contributed by atoms with van der Waals surface area (Å²) in [4.78, 5) is 10.8. The Morgan fingerprint density at radius 1 is 1.62 bits per heavy atom. The molecule has 0 aromatic carbocycles. The molecule has 2 N–H and O–H groups in total. The smallest absolute Gasteiger partial charge is 0.132 e. The van der Waals surface area contributed by atoms with Gasteiger partial charge >= 0.3 is 0 Å². The molecule has 2 rings (SSSR count). The van der Waals surface area contributed by atoms with E-state index in [2.05, 4.69) is 14.9 Å². The first-order valence-electron chi connectivity index (χ1n) is 5.11. The molecule has 16 heavy (non-hydrogen) atoms. The van der Waals surface area contributed by atoms with Crippen LogP contribution in [0.25, 0.3) is 0 Å². The van der Waals surface area contributed by atoms with Crippen LogP contribution in [-0.4, -0.2) is 40.8 Å². The molecule has 1 aromatic rings. The van der Waals surface area contributed by atoms with E-state index >= 15 is 0 Å². The number of morpholine rings is 1. The van der Waals surface area contributed by atoms with E-state index in [0.29, 0.717) is 18.1 Å². The predicted octanol–water partition coefficient (Wildman–Crippen LogP) is 0.276. The Kier molecular flexibility index (Phi) is 3.31. The highest BCUT2D eigenvalue weighted by atomic mass is 32.1. The van der Waals surface area contributed by atoms with Crippen molar-refractivity contribution in [2.75, 3.05) is 24.6 Å². The largest absolute Gasteiger partial charge is 0.391 e. The summed E-state index contributed by atoms with van der Waals surface area (Å²) in [5.74, 6) is 0.900. The van der Waals surface area contributed by atoms with Crippen LogP contribution in [0.4, 0.5) is 5.82 Å². The number of rotatable bonds is 2. The topological polar surface area (TPSA) is 64.3 Å². The molecule has 1 aliphatic rings. The fourth-order valence-corrected chi connectivity index (χ4v) is 1.79. The van der Waals surface area contributed by atoms with E-state index in [4.69, 9.17) is 22.7 Å². The van der Waals surface area contributed by atoms with Gasteiger partial charge < -0.3 is 15.4 Å². The molecule has 0 aliphatic carbocycles. The quantitative estimate of drug-likeness (QED) is 0.746. The summed E-state index contributed by atoms with van der Waals surface area (Å²) in [7, 11) is 0. The van der Waals surface area contributed by atoms with Crippen molar-refractivity contribution >= 4 is 23.0 Å². The molecule has 0 radical (unpaired) electrons. The minimum atomic E-state index is -0.181. The van der Waals surface area contributed by atoms with E-state index in [1.54, 1.807) is 6.33 Å². The lowest BCUT2D eigenvalue weighted by Crippen LogP contribution is -2.48. The number of thiocarbonyl (C=S) groups is 1. The molecule has 0 spiro atoms. The Labute approximate surface area is 99.6 Å². The maximum atomic E-state index is 5.58. The van der Waals surface area contributed by atoms with E-state index in [0.717, 1.165) is 18.1 Å². The van der Waals surface area contributed by atoms with Crippen LogP contribution in [0.5, 0.6) is 0 Å². The zero-order valence-electron chi connectivity index (χ0n) is 9.09. The highest BCUT2D eigenvalue weighted by molar-refractivity contribution is 7.80. The third kappa shape index (κ3) is 2.45. The normalized spacial score (nSPS) is 20.8. The zero-order chi connectivity index (χ0) is 11.5. The molecule has 1 aromatic heterocycles. The second-order valence-electron chi connectivity index (χ2n) is 3.73. The van der Waals surface area contributed by atoms with Gasteiger partial charge in [0.15, 0.2) is 0 Å². The minimum absolute atomic E-state index is 0.181. The predicted molar refractivity (Wildman–Crippen MR) is 65.5 cm³/mol. The van der Waals surface area contributed by atoms with Gasteiger partial charge in [-0.15, -0.1) is 0 Å². The molecule has 0 amide bonds. The average Bonchev–Trinajstić information content (AvgIpc) is 2.29. The third-order valence-corrected chi connectivity index (χ3v) is 2.76. The van der Waals surface area contributed by atoms with Gasteiger partial charge in [0.25, 0.3) is 0 Å². The van der Waals surface area contributed by atoms with Crippen molar-refractivity contribution in [3.63, 3.8) is 0 Å². The van der Waals surface area contributed by atoms with Gasteiger partial charge in [0, 0.05) is 18.3 Å². The molecular weight excluding hydrogens is 224 g/mol. The summed E-state index contributed by atoms with van der Waals surface area (Å²) in [6.07, 6.45) is 1.38. The van der Waals surface area contributed by atoms with Gasteiger partial charge in [-0.25, -0.2) is 9.97 Å². The molecule has 1 saturated heterocycles. The monoisotopic (exact) mass is 238 g/mol. The first-order valence-corrected chi connectivity index (χ1v) is 5.52. The lowest BCUT2D eigenvalue weighted by molar-refractivity contribution is 0.0844. The van der Waals surface area contributed by atoms with Crippen molar-refractivity contribution in [1.82, 2.24) is 9.97 Å². The van der Waals surface area contributed by atoms with Crippen molar-refractivity contribution in [3.05, 3.63) is 18.1 Å². The van der Waals surface area contributed by atoms with Crippen LogP contribution in [0.2, 0.25) is 0 Å². The van der Waals surface area contributed by atoms with E-state index in [9.17, 15) is 0 Å². The zero-order valence-corrected chi connectivity index (χ0v) is 9.91. The summed E-state index contributed by atoms with van der Waals surface area (Å²) in [5, 5.41) is 0. The van der Waals surface area contributed by atoms with Crippen molar-refractivity contribution in [3.8, 4) is 0 Å². The molecule has 2 heterocycles. The number of hydrogen-bond acceptors (Lipinski definition) is 5. The second kappa shape index (κ2) is 4.71. The molecule has 0 bridgehead atoms. The molecule has 1 unspecified atom stereocenters. The molecule has 86 valence electrons. The van der Waals surface area contributed by atoms with Crippen LogP contribution >= 0.6 is 12.2 Å². The lowest BCUT2D eigenvalue weighted by atomic mass is 10.2. The van der Waals surface area contributed by atoms with Gasteiger partial charge in [0.2, 0.25) is 0 Å². The van der Waals surface area contributed by atoms with E-state index in [1.165, 1.54) is 0 Å². The van der Waals surface area contributed by atoms with Gasteiger partial charge in [0.1, 0.15) is 23.2 Å². The van der Waals surface area contributed by atoms with Crippen molar-refractivity contribution < 1.29 is 4.74 Å². The summed E-state index contributed by atoms with van der Waals surface area (Å²) in [5.41, 5.74) is 6.53. The summed E-state index contributed by atoms with van der Waals surface area (Å²) < 4.78 is 5.47. The van der Waals surface area contributed by atoms with Gasteiger partial charge in [0.05, 0.1) is 13.2 Å². The van der Waals surface area contributed by atoms with E-state index < -0.39 is 0 Å². The number of aryl methyl sites for hydroxylation is 1. The maximum absolute atomic E-state index is 5.58. The molecule has 1 aliphatic heterocycles. The number of hydrogen-bond donors (Lipinski definition) is 1. The van der Waals surface area contributed by atoms with Crippen molar-refractivity contribution in [2.45, 2.75) is 13.0 Å². The van der Waals surface area contributed by atoms with Crippen LogP contribution in [0.3, 0.4) is 0 Å². The molecule has 5 nitrogen and oxygen atoms in total. The van der Waals surface area contributed by atoms with Crippen molar-refractivity contribution in [1.29, 1.82) is 0 Å². The Morgan fingerprint density at radius 3 is 3.12 bits per heavy atom. The Morgan fingerprint density at radius 2 is 2.44 bits per heavy atom. The molecular formula is C10H14N4OS. The van der Waals surface area contributed by atoms with Gasteiger partial charge in [-0.2, -0.15) is 0 Å². The van der Waals surface area contributed by atoms with Crippen molar-refractivity contribution in [2.24, 2.45) is 5.73 Å². The molecule has 1 fully saturated rings. The van der Waals surface area contributed by atoms with Crippen LogP contribution in [0, 0.1) is 6.92 Å². The van der Waals surface area contributed by atoms with Gasteiger partial charge in [-0.3, -0.25) is 0 Å². The number of anilines is 1. The highest BCUT2D eigenvalue weighted by Crippen LogP contribution is 2.15. The van der Waals surface area contributed by atoms with Crippen LogP contribution in [0.1, 0.15) is 5.69 Å². The Bertz CT molecular complexity index is 398. The van der Waals surface area contributed by atoms with Crippen LogP contribution < -0.4 is 10.6 Å². The fourth-order valence-electron chi connectivity index (χ4n) is 1.64. The first-order chi connectivity index (χ1) is 7.66. The number of ether oxygens (including phenoxy) is 1. The van der Waals surface area contributed by atoms with Crippen LogP contribution in [0.15, 0.2) is 12.4 Å². The fraction of sp³-hybridized carbons (Fsp3) is 0.500. The standard InChI is InChI=1S/C10H14N4OS/c1-7-4-9(13-6-12-7)14-2-3-15-8(5-14)10(11)16/h4,6,8H,2-3,5H2,1H3,(H2,11,16). The number of aromatic nitrogens is 2. The third-order valence-electron chi connectivity index (χ3n) is 2.50. The average molecular weight is 238 g/mol. The molecule has 0 saturated carbocycles. The number of nitrogens with zero attached hydrogens (tertiary/aromatic N) is 3. The van der Waals surface area contributed by atoms with Crippen LogP contribution in [-0.2, 0) is 4.74 Å². The second-order valence-corrected chi connectivity index (χ2v) is 4.20. The summed E-state index contributed by atoms with van der Waals surface area (Å²) >= 11 is 4.94. The lowest BCUT2D eigenvalue weighted by Gasteiger charge is -2.33. The molecule has 1 atom stereocenters. The summed E-state index contributed by atoms with van der Waals surface area (Å²) in [6.45, 7) is 4.02. The maximum Gasteiger partial charge on any atom is 0.132 e. The number of nitrogens with two attached hydrogens (primary N) is 1. The first kappa shape index (κ1) is 11.2. The Balaban J connectivity index is 2.12. The minimum Gasteiger partial charge on any atom is -0.391 e. The SMILES string of the molecule is Cc1cc(N2CCOC(C(N)=S)C2)ncn1. The Hall–Kier alpha value is -1.27.